The molecule has 0 aliphatic rings. The number of hydrogen-bond acceptors (Lipinski definition) is 2. The molecule has 3 rings (SSSR count). The molecule has 2 nitrogen and oxygen atoms in total. The highest BCUT2D eigenvalue weighted by atomic mass is 35.5. The summed E-state index contributed by atoms with van der Waals surface area (Å²) in [5.74, 6) is 0.764. The molecule has 0 radical (unpaired) electrons. The molecule has 0 spiro atoms. The summed E-state index contributed by atoms with van der Waals surface area (Å²) >= 11 is 6.16. The number of para-hydroxylation sites is 1. The molecule has 0 fully saturated rings. The maximum absolute atomic E-state index is 6.35. The molecule has 0 aliphatic carbocycles. The second-order valence-corrected chi connectivity index (χ2v) is 5.48. The summed E-state index contributed by atoms with van der Waals surface area (Å²) in [5.41, 5.74) is 10.4. The zero-order valence-electron chi connectivity index (χ0n) is 11.5. The monoisotopic (exact) mass is 285 g/mol. The summed E-state index contributed by atoms with van der Waals surface area (Å²) in [5, 5.41) is 1.81. The lowest BCUT2D eigenvalue weighted by Gasteiger charge is -2.13. The average molecular weight is 286 g/mol. The van der Waals surface area contributed by atoms with E-state index in [4.69, 9.17) is 21.8 Å². The summed E-state index contributed by atoms with van der Waals surface area (Å²) in [6, 6.07) is 13.6. The molecule has 102 valence electrons. The minimum absolute atomic E-state index is 0.305. The van der Waals surface area contributed by atoms with Crippen LogP contribution in [0.25, 0.3) is 11.0 Å². The van der Waals surface area contributed by atoms with Crippen molar-refractivity contribution >= 4 is 22.6 Å². The topological polar surface area (TPSA) is 39.2 Å². The Kier molecular flexibility index (Phi) is 3.28. The van der Waals surface area contributed by atoms with Crippen molar-refractivity contribution in [1.82, 2.24) is 0 Å². The van der Waals surface area contributed by atoms with Crippen LogP contribution in [0.15, 0.2) is 46.9 Å². The summed E-state index contributed by atoms with van der Waals surface area (Å²) in [6.07, 6.45) is 0. The van der Waals surface area contributed by atoms with Crippen LogP contribution in [0.2, 0.25) is 5.02 Å². The van der Waals surface area contributed by atoms with E-state index in [1.807, 2.05) is 56.3 Å². The molecule has 0 saturated carbocycles. The molecule has 0 amide bonds. The van der Waals surface area contributed by atoms with Crippen LogP contribution in [0.1, 0.15) is 28.5 Å². The van der Waals surface area contributed by atoms with Gasteiger partial charge >= 0.3 is 0 Å². The van der Waals surface area contributed by atoms with E-state index in [-0.39, 0.29) is 6.04 Å². The predicted octanol–water partition coefficient (Wildman–Crippen LogP) is 4.75. The van der Waals surface area contributed by atoms with Gasteiger partial charge in [-0.05, 0) is 42.7 Å². The second kappa shape index (κ2) is 4.97. The van der Waals surface area contributed by atoms with Crippen molar-refractivity contribution in [2.24, 2.45) is 5.73 Å². The Hall–Kier alpha value is -1.77. The molecular formula is C17H16ClNO. The van der Waals surface area contributed by atoms with Gasteiger partial charge in [0.05, 0.1) is 6.04 Å². The maximum Gasteiger partial charge on any atom is 0.137 e. The molecular weight excluding hydrogens is 270 g/mol. The molecule has 2 N–H and O–H groups in total. The minimum atomic E-state index is -0.305. The Morgan fingerprint density at radius 3 is 2.60 bits per heavy atom. The van der Waals surface area contributed by atoms with Gasteiger partial charge < -0.3 is 10.2 Å². The van der Waals surface area contributed by atoms with E-state index in [9.17, 15) is 0 Å². The fraction of sp³-hybridized carbons (Fsp3) is 0.176. The Morgan fingerprint density at radius 1 is 1.10 bits per heavy atom. The van der Waals surface area contributed by atoms with Gasteiger partial charge in [-0.1, -0.05) is 41.9 Å². The Bertz CT molecular complexity index is 776. The third-order valence-corrected chi connectivity index (χ3v) is 4.12. The highest BCUT2D eigenvalue weighted by Crippen LogP contribution is 2.31. The fourth-order valence-electron chi connectivity index (χ4n) is 2.50. The zero-order valence-corrected chi connectivity index (χ0v) is 12.2. The lowest BCUT2D eigenvalue weighted by molar-refractivity contribution is 0.523. The van der Waals surface area contributed by atoms with Crippen LogP contribution in [0, 0.1) is 13.8 Å². The van der Waals surface area contributed by atoms with Crippen molar-refractivity contribution < 1.29 is 4.42 Å². The van der Waals surface area contributed by atoms with Crippen LogP contribution in [0.4, 0.5) is 0 Å². The SMILES string of the molecule is Cc1c(Cl)cccc1C(N)c1cc2cccc(C)c2o1. The number of furan rings is 1. The highest BCUT2D eigenvalue weighted by molar-refractivity contribution is 6.31. The van der Waals surface area contributed by atoms with Gasteiger partial charge in [0.1, 0.15) is 11.3 Å². The molecule has 1 unspecified atom stereocenters. The molecule has 1 heterocycles. The van der Waals surface area contributed by atoms with Crippen molar-refractivity contribution in [2.45, 2.75) is 19.9 Å². The molecule has 0 aliphatic heterocycles. The lowest BCUT2D eigenvalue weighted by Crippen LogP contribution is -2.12. The smallest absolute Gasteiger partial charge is 0.137 e. The number of hydrogen-bond donors (Lipinski definition) is 1. The first-order valence-corrected chi connectivity index (χ1v) is 6.95. The van der Waals surface area contributed by atoms with Crippen LogP contribution < -0.4 is 5.73 Å². The van der Waals surface area contributed by atoms with Crippen molar-refractivity contribution in [2.75, 3.05) is 0 Å². The number of halogens is 1. The predicted molar refractivity (Wildman–Crippen MR) is 83.2 cm³/mol. The summed E-state index contributed by atoms with van der Waals surface area (Å²) < 4.78 is 5.94. The van der Waals surface area contributed by atoms with E-state index >= 15 is 0 Å². The first-order valence-electron chi connectivity index (χ1n) is 6.57. The molecule has 0 saturated heterocycles. The van der Waals surface area contributed by atoms with Gasteiger partial charge in [0.25, 0.3) is 0 Å². The number of rotatable bonds is 2. The molecule has 3 heteroatoms. The lowest BCUT2D eigenvalue weighted by atomic mass is 10.00. The van der Waals surface area contributed by atoms with Gasteiger partial charge in [-0.3, -0.25) is 0 Å². The molecule has 1 aromatic heterocycles. The van der Waals surface area contributed by atoms with Crippen molar-refractivity contribution in [3.8, 4) is 0 Å². The first kappa shape index (κ1) is 13.2. The third kappa shape index (κ3) is 2.11. The summed E-state index contributed by atoms with van der Waals surface area (Å²) in [4.78, 5) is 0. The van der Waals surface area contributed by atoms with E-state index in [1.54, 1.807) is 0 Å². The number of benzene rings is 2. The zero-order chi connectivity index (χ0) is 14.3. The van der Waals surface area contributed by atoms with E-state index in [1.165, 1.54) is 0 Å². The molecule has 20 heavy (non-hydrogen) atoms. The van der Waals surface area contributed by atoms with Gasteiger partial charge in [0, 0.05) is 10.4 Å². The van der Waals surface area contributed by atoms with Gasteiger partial charge in [0.15, 0.2) is 0 Å². The average Bonchev–Trinajstić information content (AvgIpc) is 2.87. The number of aryl methyl sites for hydroxylation is 1. The minimum Gasteiger partial charge on any atom is -0.459 e. The van der Waals surface area contributed by atoms with Crippen LogP contribution in [0.5, 0.6) is 0 Å². The van der Waals surface area contributed by atoms with Crippen LogP contribution in [0.3, 0.4) is 0 Å². The normalized spacial score (nSPS) is 12.8. The van der Waals surface area contributed by atoms with Gasteiger partial charge in [-0.2, -0.15) is 0 Å². The third-order valence-electron chi connectivity index (χ3n) is 3.71. The van der Waals surface area contributed by atoms with E-state index in [2.05, 4.69) is 0 Å². The Balaban J connectivity index is 2.10. The highest BCUT2D eigenvalue weighted by Gasteiger charge is 2.17. The standard InChI is InChI=1S/C17H16ClNO/c1-10-5-3-6-12-9-15(20-17(10)12)16(19)13-7-4-8-14(18)11(13)2/h3-9,16H,19H2,1-2H3. The van der Waals surface area contributed by atoms with Gasteiger partial charge in [-0.25, -0.2) is 0 Å². The maximum atomic E-state index is 6.35. The largest absolute Gasteiger partial charge is 0.459 e. The fourth-order valence-corrected chi connectivity index (χ4v) is 2.68. The van der Waals surface area contributed by atoms with E-state index in [0.29, 0.717) is 0 Å². The number of nitrogens with two attached hydrogens (primary N) is 1. The van der Waals surface area contributed by atoms with Crippen LogP contribution in [-0.4, -0.2) is 0 Å². The van der Waals surface area contributed by atoms with Gasteiger partial charge in [0.2, 0.25) is 0 Å². The van der Waals surface area contributed by atoms with Crippen molar-refractivity contribution in [3.63, 3.8) is 0 Å². The van der Waals surface area contributed by atoms with Crippen LogP contribution in [-0.2, 0) is 0 Å². The quantitative estimate of drug-likeness (QED) is 0.738. The molecule has 2 aromatic carbocycles. The number of fused-ring (bicyclic) bond motifs is 1. The van der Waals surface area contributed by atoms with E-state index in [0.717, 1.165) is 38.4 Å². The van der Waals surface area contributed by atoms with Crippen molar-refractivity contribution in [1.29, 1.82) is 0 Å². The molecule has 3 aromatic rings. The van der Waals surface area contributed by atoms with Crippen LogP contribution >= 0.6 is 11.6 Å². The summed E-state index contributed by atoms with van der Waals surface area (Å²) in [6.45, 7) is 4.01. The van der Waals surface area contributed by atoms with E-state index < -0.39 is 0 Å². The van der Waals surface area contributed by atoms with Gasteiger partial charge in [-0.15, -0.1) is 0 Å². The molecule has 1 atom stereocenters. The Morgan fingerprint density at radius 2 is 1.85 bits per heavy atom. The second-order valence-electron chi connectivity index (χ2n) is 5.07. The molecule has 0 bridgehead atoms. The first-order chi connectivity index (χ1) is 9.58. The summed E-state index contributed by atoms with van der Waals surface area (Å²) in [7, 11) is 0. The van der Waals surface area contributed by atoms with Crippen molar-refractivity contribution in [3.05, 3.63) is 69.9 Å². The Labute approximate surface area is 123 Å².